The fourth-order valence-electron chi connectivity index (χ4n) is 1.50. The molecule has 0 aliphatic heterocycles. The van der Waals surface area contributed by atoms with E-state index >= 15 is 0 Å². The van der Waals surface area contributed by atoms with E-state index in [0.29, 0.717) is 5.25 Å². The normalized spacial score (nSPS) is 10.6. The van der Waals surface area contributed by atoms with Crippen molar-refractivity contribution in [2.45, 2.75) is 64.0 Å². The summed E-state index contributed by atoms with van der Waals surface area (Å²) < 4.78 is 0. The Balaban J connectivity index is 0.000000873. The van der Waals surface area contributed by atoms with Crippen LogP contribution in [-0.4, -0.2) is 5.25 Å². The molecule has 1 aromatic carbocycles. The van der Waals surface area contributed by atoms with Gasteiger partial charge in [-0.25, -0.2) is 0 Å². The molecule has 0 saturated heterocycles. The predicted octanol–water partition coefficient (Wildman–Crippen LogP) is 5.43. The quantitative estimate of drug-likeness (QED) is 0.505. The van der Waals surface area contributed by atoms with Crippen LogP contribution < -0.4 is 0 Å². The zero-order chi connectivity index (χ0) is 14.3. The lowest BCUT2D eigenvalue weighted by Gasteiger charge is -2.20. The number of hydrogen-bond acceptors (Lipinski definition) is 1. The average Bonchev–Trinajstić information content (AvgIpc) is 2.20. The van der Waals surface area contributed by atoms with Crippen molar-refractivity contribution in [3.05, 3.63) is 29.3 Å². The fourth-order valence-corrected chi connectivity index (χ4v) is 2.40. The summed E-state index contributed by atoms with van der Waals surface area (Å²) in [5.74, 6) is 2.25. The number of aryl methyl sites for hydroxylation is 1. The van der Waals surface area contributed by atoms with Gasteiger partial charge in [0.15, 0.2) is 0 Å². The third-order valence-electron chi connectivity index (χ3n) is 2.40. The van der Waals surface area contributed by atoms with Gasteiger partial charge in [-0.05, 0) is 36.5 Å². The van der Waals surface area contributed by atoms with Gasteiger partial charge in [0.1, 0.15) is 0 Å². The smallest absolute Gasteiger partial charge is 0.0104 e. The summed E-state index contributed by atoms with van der Waals surface area (Å²) in [6, 6.07) is 6.85. The van der Waals surface area contributed by atoms with Crippen LogP contribution in [0.25, 0.3) is 0 Å². The molecule has 0 aliphatic carbocycles. The molecule has 0 unspecified atom stereocenters. The maximum absolute atomic E-state index is 4.60. The maximum atomic E-state index is 4.60. The second-order valence-electron chi connectivity index (χ2n) is 5.69. The molecule has 0 radical (unpaired) electrons. The van der Waals surface area contributed by atoms with Crippen LogP contribution in [0.15, 0.2) is 23.1 Å². The fraction of sp³-hybridized carbons (Fsp3) is 0.529. The minimum atomic E-state index is 0.256. The summed E-state index contributed by atoms with van der Waals surface area (Å²) in [5, 5.41) is 0.657. The first-order valence-corrected chi connectivity index (χ1v) is 7.25. The van der Waals surface area contributed by atoms with Gasteiger partial charge >= 0.3 is 0 Å². The highest BCUT2D eigenvalue weighted by molar-refractivity contribution is 8.00. The summed E-state index contributed by atoms with van der Waals surface area (Å²) >= 11 is 1.94. The third kappa shape index (κ3) is 6.17. The van der Waals surface area contributed by atoms with Gasteiger partial charge < -0.3 is 0 Å². The second-order valence-corrected chi connectivity index (χ2v) is 7.30. The van der Waals surface area contributed by atoms with Crippen molar-refractivity contribution in [1.29, 1.82) is 0 Å². The SMILES string of the molecule is C#CC.Cc1cc(C(C)(C)C)ccc1SC(C)C. The van der Waals surface area contributed by atoms with E-state index in [2.05, 4.69) is 72.1 Å². The summed E-state index contributed by atoms with van der Waals surface area (Å²) in [5.41, 5.74) is 3.08. The standard InChI is InChI=1S/C14H22S.C3H4/c1-10(2)15-13-8-7-12(9-11(13)3)14(4,5)6;1-3-2/h7-10H,1-6H3;1H,2H3. The largest absolute Gasteiger partial charge is 0.123 e. The van der Waals surface area contributed by atoms with E-state index in [9.17, 15) is 0 Å². The van der Waals surface area contributed by atoms with Crippen molar-refractivity contribution in [2.75, 3.05) is 0 Å². The van der Waals surface area contributed by atoms with Gasteiger partial charge in [0.05, 0.1) is 0 Å². The molecule has 0 nitrogen and oxygen atoms in total. The van der Waals surface area contributed by atoms with Crippen molar-refractivity contribution in [2.24, 2.45) is 0 Å². The Hall–Kier alpha value is -0.870. The Morgan fingerprint density at radius 3 is 2.06 bits per heavy atom. The zero-order valence-corrected chi connectivity index (χ0v) is 13.6. The molecule has 100 valence electrons. The van der Waals surface area contributed by atoms with Gasteiger partial charge in [0, 0.05) is 10.1 Å². The highest BCUT2D eigenvalue weighted by Crippen LogP contribution is 2.30. The molecule has 0 fully saturated rings. The third-order valence-corrected chi connectivity index (χ3v) is 3.59. The predicted molar refractivity (Wildman–Crippen MR) is 85.4 cm³/mol. The van der Waals surface area contributed by atoms with E-state index in [-0.39, 0.29) is 5.41 Å². The van der Waals surface area contributed by atoms with E-state index in [4.69, 9.17) is 0 Å². The van der Waals surface area contributed by atoms with Gasteiger partial charge in [-0.3, -0.25) is 0 Å². The molecule has 0 spiro atoms. The molecule has 0 saturated carbocycles. The number of thioether (sulfide) groups is 1. The van der Waals surface area contributed by atoms with E-state index < -0.39 is 0 Å². The molecule has 18 heavy (non-hydrogen) atoms. The molecule has 0 aromatic heterocycles. The minimum absolute atomic E-state index is 0.256. The Morgan fingerprint density at radius 1 is 1.22 bits per heavy atom. The molecule has 0 aliphatic rings. The van der Waals surface area contributed by atoms with Crippen LogP contribution in [0.2, 0.25) is 0 Å². The van der Waals surface area contributed by atoms with Gasteiger partial charge in [-0.15, -0.1) is 24.1 Å². The molecule has 1 rings (SSSR count). The van der Waals surface area contributed by atoms with Gasteiger partial charge in [-0.2, -0.15) is 0 Å². The number of rotatable bonds is 2. The van der Waals surface area contributed by atoms with E-state index in [0.717, 1.165) is 0 Å². The Kier molecular flexibility index (Phi) is 7.18. The molecule has 1 aromatic rings. The highest BCUT2D eigenvalue weighted by atomic mass is 32.2. The monoisotopic (exact) mass is 262 g/mol. The van der Waals surface area contributed by atoms with Crippen LogP contribution in [0.4, 0.5) is 0 Å². The molecule has 0 amide bonds. The van der Waals surface area contributed by atoms with Crippen molar-refractivity contribution >= 4 is 11.8 Å². The van der Waals surface area contributed by atoms with Gasteiger partial charge in [-0.1, -0.05) is 46.8 Å². The van der Waals surface area contributed by atoms with Crippen molar-refractivity contribution < 1.29 is 0 Å². The van der Waals surface area contributed by atoms with E-state index in [1.165, 1.54) is 16.0 Å². The Labute approximate surface area is 118 Å². The van der Waals surface area contributed by atoms with Crippen LogP contribution >= 0.6 is 11.8 Å². The van der Waals surface area contributed by atoms with Crippen molar-refractivity contribution in [3.8, 4) is 12.3 Å². The maximum Gasteiger partial charge on any atom is 0.0104 e. The average molecular weight is 262 g/mol. The lowest BCUT2D eigenvalue weighted by atomic mass is 9.86. The number of terminal acetylenes is 1. The first-order chi connectivity index (χ1) is 8.22. The van der Waals surface area contributed by atoms with Crippen molar-refractivity contribution in [3.63, 3.8) is 0 Å². The Bertz CT molecular complexity index is 403. The van der Waals surface area contributed by atoms with Gasteiger partial charge in [0.2, 0.25) is 0 Å². The van der Waals surface area contributed by atoms with Crippen LogP contribution in [0, 0.1) is 19.3 Å². The number of benzene rings is 1. The Morgan fingerprint density at radius 2 is 1.72 bits per heavy atom. The zero-order valence-electron chi connectivity index (χ0n) is 12.8. The lowest BCUT2D eigenvalue weighted by Crippen LogP contribution is -2.11. The van der Waals surface area contributed by atoms with E-state index in [1.54, 1.807) is 6.92 Å². The molecular formula is C17H26S. The first kappa shape index (κ1) is 17.1. The molecule has 0 N–H and O–H groups in total. The minimum Gasteiger partial charge on any atom is -0.123 e. The topological polar surface area (TPSA) is 0 Å². The summed E-state index contributed by atoms with van der Waals surface area (Å²) in [4.78, 5) is 1.41. The molecule has 0 bridgehead atoms. The first-order valence-electron chi connectivity index (χ1n) is 6.37. The van der Waals surface area contributed by atoms with Crippen LogP contribution in [0.3, 0.4) is 0 Å². The summed E-state index contributed by atoms with van der Waals surface area (Å²) in [6.45, 7) is 15.1. The molecule has 0 atom stereocenters. The van der Waals surface area contributed by atoms with Crippen LogP contribution in [0.5, 0.6) is 0 Å². The van der Waals surface area contributed by atoms with Crippen LogP contribution in [-0.2, 0) is 5.41 Å². The molecule has 0 heterocycles. The summed E-state index contributed by atoms with van der Waals surface area (Å²) in [6.07, 6.45) is 4.60. The van der Waals surface area contributed by atoms with Crippen LogP contribution in [0.1, 0.15) is 52.7 Å². The van der Waals surface area contributed by atoms with Crippen molar-refractivity contribution in [1.82, 2.24) is 0 Å². The highest BCUT2D eigenvalue weighted by Gasteiger charge is 2.14. The van der Waals surface area contributed by atoms with Gasteiger partial charge in [0.25, 0.3) is 0 Å². The molecular weight excluding hydrogens is 236 g/mol. The second kappa shape index (κ2) is 7.54. The number of hydrogen-bond donors (Lipinski definition) is 0. The lowest BCUT2D eigenvalue weighted by molar-refractivity contribution is 0.589. The molecule has 1 heteroatoms. The summed E-state index contributed by atoms with van der Waals surface area (Å²) in [7, 11) is 0. The van der Waals surface area contributed by atoms with E-state index in [1.807, 2.05) is 11.8 Å².